The molecular weight excluding hydrogens is 384 g/mol. The molecule has 0 saturated heterocycles. The standard InChI is InChI=1S/C24H34O6/c1-17(2)9-7-11-19(5)13-15-29-23(27)21(25)22(26)24(28)30-16-14-20(6)12-8-10-18(3)4/h9-10,13-16,21-22,25-26H,5-8,11-12H2,1-4H3. The fourth-order valence-corrected chi connectivity index (χ4v) is 2.05. The van der Waals surface area contributed by atoms with Crippen LogP contribution in [0.25, 0.3) is 0 Å². The molecule has 0 radical (unpaired) electrons. The van der Waals surface area contributed by atoms with Gasteiger partial charge in [-0.3, -0.25) is 0 Å². The van der Waals surface area contributed by atoms with Gasteiger partial charge in [0.1, 0.15) is 0 Å². The Labute approximate surface area is 179 Å². The molecule has 166 valence electrons. The van der Waals surface area contributed by atoms with E-state index in [1.54, 1.807) is 0 Å². The van der Waals surface area contributed by atoms with E-state index in [4.69, 9.17) is 9.47 Å². The van der Waals surface area contributed by atoms with Crippen LogP contribution in [-0.2, 0) is 19.1 Å². The third-order valence-corrected chi connectivity index (χ3v) is 3.79. The normalized spacial score (nSPS) is 12.9. The molecule has 0 rings (SSSR count). The van der Waals surface area contributed by atoms with Crippen LogP contribution in [0.2, 0.25) is 0 Å². The van der Waals surface area contributed by atoms with Gasteiger partial charge in [-0.05, 0) is 65.5 Å². The Morgan fingerprint density at radius 1 is 0.767 bits per heavy atom. The predicted octanol–water partition coefficient (Wildman–Crippen LogP) is 4.43. The summed E-state index contributed by atoms with van der Waals surface area (Å²) in [5.74, 6) is -2.36. The first-order valence-electron chi connectivity index (χ1n) is 9.77. The third kappa shape index (κ3) is 13.5. The van der Waals surface area contributed by atoms with Crippen LogP contribution < -0.4 is 0 Å². The van der Waals surface area contributed by atoms with Crippen molar-refractivity contribution < 1.29 is 29.3 Å². The number of hydrogen-bond donors (Lipinski definition) is 2. The van der Waals surface area contributed by atoms with Crippen LogP contribution >= 0.6 is 0 Å². The lowest BCUT2D eigenvalue weighted by Crippen LogP contribution is -2.40. The molecule has 2 unspecified atom stereocenters. The summed E-state index contributed by atoms with van der Waals surface area (Å²) in [4.78, 5) is 23.5. The van der Waals surface area contributed by atoms with Crippen molar-refractivity contribution in [3.8, 4) is 0 Å². The minimum atomic E-state index is -2.07. The maximum atomic E-state index is 11.8. The largest absolute Gasteiger partial charge is 0.432 e. The van der Waals surface area contributed by atoms with Gasteiger partial charge in [-0.2, -0.15) is 0 Å². The van der Waals surface area contributed by atoms with E-state index < -0.39 is 24.1 Å². The van der Waals surface area contributed by atoms with Gasteiger partial charge in [-0.25, -0.2) is 9.59 Å². The second-order valence-corrected chi connectivity index (χ2v) is 7.33. The minimum Gasteiger partial charge on any atom is -0.432 e. The molecule has 0 aromatic carbocycles. The average Bonchev–Trinajstić information content (AvgIpc) is 2.65. The van der Waals surface area contributed by atoms with Crippen molar-refractivity contribution in [1.29, 1.82) is 0 Å². The third-order valence-electron chi connectivity index (χ3n) is 3.79. The van der Waals surface area contributed by atoms with Gasteiger partial charge >= 0.3 is 11.9 Å². The van der Waals surface area contributed by atoms with Crippen LogP contribution in [0.1, 0.15) is 53.4 Å². The lowest BCUT2D eigenvalue weighted by atomic mass is 10.1. The number of carbonyl (C=O) groups is 2. The predicted molar refractivity (Wildman–Crippen MR) is 118 cm³/mol. The van der Waals surface area contributed by atoms with Crippen molar-refractivity contribution in [1.82, 2.24) is 0 Å². The topological polar surface area (TPSA) is 93.1 Å². The Bertz CT molecular complexity index is 654. The molecule has 0 amide bonds. The first-order chi connectivity index (χ1) is 14.0. The summed E-state index contributed by atoms with van der Waals surface area (Å²) in [7, 11) is 0. The van der Waals surface area contributed by atoms with Crippen molar-refractivity contribution >= 4 is 11.9 Å². The number of ether oxygens (including phenoxy) is 2. The number of aliphatic hydroxyl groups is 2. The van der Waals surface area contributed by atoms with Crippen LogP contribution in [0.3, 0.4) is 0 Å². The fraction of sp³-hybridized carbons (Fsp3) is 0.417. The Morgan fingerprint density at radius 2 is 1.10 bits per heavy atom. The fourth-order valence-electron chi connectivity index (χ4n) is 2.05. The zero-order chi connectivity index (χ0) is 23.1. The lowest BCUT2D eigenvalue weighted by Gasteiger charge is -2.13. The summed E-state index contributed by atoms with van der Waals surface area (Å²) in [5, 5.41) is 19.5. The number of aliphatic hydroxyl groups excluding tert-OH is 2. The monoisotopic (exact) mass is 418 g/mol. The van der Waals surface area contributed by atoms with E-state index in [2.05, 4.69) is 25.3 Å². The quantitative estimate of drug-likeness (QED) is 0.199. The molecular formula is C24H34O6. The zero-order valence-electron chi connectivity index (χ0n) is 18.4. The molecule has 6 nitrogen and oxygen atoms in total. The summed E-state index contributed by atoms with van der Waals surface area (Å²) in [6.07, 6.45) is 8.04. The van der Waals surface area contributed by atoms with Crippen molar-refractivity contribution in [2.45, 2.75) is 65.6 Å². The van der Waals surface area contributed by atoms with Crippen LogP contribution in [0.15, 0.2) is 72.3 Å². The minimum absolute atomic E-state index is 0.683. The molecule has 0 aliphatic carbocycles. The molecule has 6 heteroatoms. The summed E-state index contributed by atoms with van der Waals surface area (Å²) in [6.45, 7) is 15.6. The van der Waals surface area contributed by atoms with Crippen LogP contribution in [0, 0.1) is 0 Å². The van der Waals surface area contributed by atoms with Gasteiger partial charge < -0.3 is 19.7 Å². The number of rotatable bonds is 13. The van der Waals surface area contributed by atoms with Gasteiger partial charge in [0.05, 0.1) is 12.5 Å². The second-order valence-electron chi connectivity index (χ2n) is 7.33. The summed E-state index contributed by atoms with van der Waals surface area (Å²) in [5.41, 5.74) is 3.85. The van der Waals surface area contributed by atoms with Gasteiger partial charge in [0.25, 0.3) is 0 Å². The molecule has 0 aromatic rings. The van der Waals surface area contributed by atoms with E-state index in [9.17, 15) is 19.8 Å². The number of hydrogen-bond acceptors (Lipinski definition) is 6. The molecule has 0 aromatic heterocycles. The van der Waals surface area contributed by atoms with Gasteiger partial charge in [0.2, 0.25) is 0 Å². The Morgan fingerprint density at radius 3 is 1.40 bits per heavy atom. The van der Waals surface area contributed by atoms with Crippen LogP contribution in [-0.4, -0.2) is 34.4 Å². The first-order valence-corrected chi connectivity index (χ1v) is 9.77. The average molecular weight is 419 g/mol. The number of allylic oxidation sites excluding steroid dienone is 8. The molecule has 0 spiro atoms. The first kappa shape index (κ1) is 27.3. The molecule has 2 atom stereocenters. The van der Waals surface area contributed by atoms with E-state index in [0.717, 1.165) is 36.5 Å². The highest BCUT2D eigenvalue weighted by Crippen LogP contribution is 2.09. The highest BCUT2D eigenvalue weighted by atomic mass is 16.6. The van der Waals surface area contributed by atoms with Crippen molar-refractivity contribution in [3.05, 3.63) is 72.3 Å². The molecule has 0 fully saturated rings. The Hall–Kier alpha value is -2.70. The van der Waals surface area contributed by atoms with E-state index >= 15 is 0 Å². The second kappa shape index (κ2) is 15.2. The van der Waals surface area contributed by atoms with E-state index in [-0.39, 0.29) is 0 Å². The molecule has 0 aliphatic rings. The van der Waals surface area contributed by atoms with Gasteiger partial charge in [0, 0.05) is 0 Å². The van der Waals surface area contributed by atoms with Gasteiger partial charge in [0.15, 0.2) is 12.2 Å². The zero-order valence-corrected chi connectivity index (χ0v) is 18.4. The van der Waals surface area contributed by atoms with Gasteiger partial charge in [-0.15, -0.1) is 0 Å². The van der Waals surface area contributed by atoms with Crippen LogP contribution in [0.4, 0.5) is 0 Å². The van der Waals surface area contributed by atoms with E-state index in [1.165, 1.54) is 23.3 Å². The number of carbonyl (C=O) groups excluding carboxylic acids is 2. The molecule has 0 bridgehead atoms. The van der Waals surface area contributed by atoms with E-state index in [0.29, 0.717) is 12.8 Å². The van der Waals surface area contributed by atoms with Crippen molar-refractivity contribution in [2.24, 2.45) is 0 Å². The summed E-state index contributed by atoms with van der Waals surface area (Å²) < 4.78 is 9.46. The molecule has 0 heterocycles. The summed E-state index contributed by atoms with van der Waals surface area (Å²) in [6, 6.07) is 0. The van der Waals surface area contributed by atoms with Crippen molar-refractivity contribution in [2.75, 3.05) is 0 Å². The van der Waals surface area contributed by atoms with Gasteiger partial charge in [-0.1, -0.05) is 47.6 Å². The Kier molecular flexibility index (Phi) is 13.8. The molecule has 0 saturated carbocycles. The van der Waals surface area contributed by atoms with Crippen LogP contribution in [0.5, 0.6) is 0 Å². The van der Waals surface area contributed by atoms with Crippen molar-refractivity contribution in [3.63, 3.8) is 0 Å². The lowest BCUT2D eigenvalue weighted by molar-refractivity contribution is -0.166. The number of esters is 2. The SMILES string of the molecule is C=C(C=COC(=O)C(O)C(O)C(=O)OC=CC(=C)CCC=C(C)C)CCC=C(C)C. The van der Waals surface area contributed by atoms with E-state index in [1.807, 2.05) is 27.7 Å². The Balaban J connectivity index is 4.40. The molecule has 0 aliphatic heterocycles. The maximum Gasteiger partial charge on any atom is 0.343 e. The molecule has 2 N–H and O–H groups in total. The highest BCUT2D eigenvalue weighted by molar-refractivity contribution is 5.85. The highest BCUT2D eigenvalue weighted by Gasteiger charge is 2.32. The smallest absolute Gasteiger partial charge is 0.343 e. The summed E-state index contributed by atoms with van der Waals surface area (Å²) >= 11 is 0. The molecule has 30 heavy (non-hydrogen) atoms. The maximum absolute atomic E-state index is 11.8.